The van der Waals surface area contributed by atoms with Crippen LogP contribution >= 0.6 is 0 Å². The number of alkyl halides is 3. The number of hydrogen-bond donors (Lipinski definition) is 0. The molecule has 1 atom stereocenters. The zero-order chi connectivity index (χ0) is 17.3. The van der Waals surface area contributed by atoms with Crippen molar-refractivity contribution in [3.63, 3.8) is 0 Å². The molecule has 1 aliphatic heterocycles. The third-order valence-corrected chi connectivity index (χ3v) is 5.64. The van der Waals surface area contributed by atoms with Gasteiger partial charge in [0.05, 0.1) is 23.5 Å². The first kappa shape index (κ1) is 17.7. The second-order valence-corrected chi connectivity index (χ2v) is 7.20. The number of benzene rings is 1. The van der Waals surface area contributed by atoms with Crippen LogP contribution in [-0.2, 0) is 14.8 Å². The van der Waals surface area contributed by atoms with Gasteiger partial charge in [-0.15, -0.1) is 0 Å². The number of nitrogens with zero attached hydrogens (tertiary/aromatic N) is 1. The highest BCUT2D eigenvalue weighted by Crippen LogP contribution is 2.34. The molecule has 1 saturated heterocycles. The largest absolute Gasteiger partial charge is 0.465 e. The van der Waals surface area contributed by atoms with Crippen molar-refractivity contribution in [2.75, 3.05) is 20.2 Å². The van der Waals surface area contributed by atoms with Crippen molar-refractivity contribution < 1.29 is 31.1 Å². The minimum atomic E-state index is -4.41. The van der Waals surface area contributed by atoms with Crippen molar-refractivity contribution >= 4 is 16.0 Å². The summed E-state index contributed by atoms with van der Waals surface area (Å²) in [6, 6.07) is 4.92. The molecule has 5 nitrogen and oxygen atoms in total. The maximum atomic E-state index is 12.8. The van der Waals surface area contributed by atoms with Crippen LogP contribution in [0, 0.1) is 5.92 Å². The predicted molar refractivity (Wildman–Crippen MR) is 75.3 cm³/mol. The molecule has 0 spiro atoms. The quantitative estimate of drug-likeness (QED) is 0.785. The normalized spacial score (nSPS) is 20.3. The molecule has 1 fully saturated rings. The number of methoxy groups -OCH3 is 1. The molecule has 23 heavy (non-hydrogen) atoms. The van der Waals surface area contributed by atoms with Gasteiger partial charge in [0.15, 0.2) is 0 Å². The first-order chi connectivity index (χ1) is 10.7. The standard InChI is InChI=1S/C14H16F3NO4S/c1-22-13(19)10-4-6-12(7-5-10)23(20,21)18-8-2-3-11(9-18)14(15,16)17/h4-7,11H,2-3,8-9H2,1H3/t11-/m0/s1. The van der Waals surface area contributed by atoms with Crippen LogP contribution in [0.3, 0.4) is 0 Å². The molecule has 1 aliphatic rings. The molecule has 1 heterocycles. The summed E-state index contributed by atoms with van der Waals surface area (Å²) in [4.78, 5) is 11.2. The first-order valence-corrected chi connectivity index (χ1v) is 8.35. The second-order valence-electron chi connectivity index (χ2n) is 5.26. The molecule has 0 aliphatic carbocycles. The molecule has 1 aromatic carbocycles. The molecule has 128 valence electrons. The van der Waals surface area contributed by atoms with Crippen molar-refractivity contribution in [3.8, 4) is 0 Å². The Bertz CT molecular complexity index is 670. The number of carbonyl (C=O) groups is 1. The van der Waals surface area contributed by atoms with Crippen LogP contribution < -0.4 is 0 Å². The maximum Gasteiger partial charge on any atom is 0.393 e. The van der Waals surface area contributed by atoms with E-state index in [4.69, 9.17) is 0 Å². The van der Waals surface area contributed by atoms with Crippen molar-refractivity contribution in [1.29, 1.82) is 0 Å². The minimum absolute atomic E-state index is 0.0493. The van der Waals surface area contributed by atoms with Gasteiger partial charge in [0.1, 0.15) is 0 Å². The van der Waals surface area contributed by atoms with Crippen molar-refractivity contribution in [2.24, 2.45) is 5.92 Å². The molecule has 0 saturated carbocycles. The van der Waals surface area contributed by atoms with Crippen LogP contribution in [0.15, 0.2) is 29.2 Å². The monoisotopic (exact) mass is 351 g/mol. The molecule has 0 radical (unpaired) electrons. The molecule has 0 unspecified atom stereocenters. The summed E-state index contributed by atoms with van der Waals surface area (Å²) in [6.07, 6.45) is -4.33. The molecule has 1 aromatic rings. The third-order valence-electron chi connectivity index (χ3n) is 3.76. The summed E-state index contributed by atoms with van der Waals surface area (Å²) >= 11 is 0. The fraction of sp³-hybridized carbons (Fsp3) is 0.500. The zero-order valence-electron chi connectivity index (χ0n) is 12.3. The molecule has 0 amide bonds. The number of hydrogen-bond acceptors (Lipinski definition) is 4. The summed E-state index contributed by atoms with van der Waals surface area (Å²) in [5.41, 5.74) is 0.165. The van der Waals surface area contributed by atoms with Crippen LogP contribution in [0.25, 0.3) is 0 Å². The predicted octanol–water partition coefficient (Wildman–Crippen LogP) is 2.44. The van der Waals surface area contributed by atoms with E-state index in [0.717, 1.165) is 4.31 Å². The fourth-order valence-electron chi connectivity index (χ4n) is 2.46. The molecule has 9 heteroatoms. The zero-order valence-corrected chi connectivity index (χ0v) is 13.2. The van der Waals surface area contributed by atoms with Gasteiger partial charge in [-0.05, 0) is 37.1 Å². The van der Waals surface area contributed by atoms with Gasteiger partial charge >= 0.3 is 12.1 Å². The lowest BCUT2D eigenvalue weighted by atomic mass is 9.99. The summed E-state index contributed by atoms with van der Waals surface area (Å²) < 4.78 is 68.7. The average molecular weight is 351 g/mol. The van der Waals surface area contributed by atoms with E-state index in [-0.39, 0.29) is 29.8 Å². The minimum Gasteiger partial charge on any atom is -0.465 e. The van der Waals surface area contributed by atoms with Gasteiger partial charge in [0, 0.05) is 13.1 Å². The Morgan fingerprint density at radius 2 is 1.87 bits per heavy atom. The Kier molecular flexibility index (Phi) is 5.00. The first-order valence-electron chi connectivity index (χ1n) is 6.91. The van der Waals surface area contributed by atoms with Crippen LogP contribution in [0.5, 0.6) is 0 Å². The second kappa shape index (κ2) is 6.48. The van der Waals surface area contributed by atoms with Crippen LogP contribution in [0.2, 0.25) is 0 Å². The summed E-state index contributed by atoms with van der Waals surface area (Å²) in [5, 5.41) is 0. The van der Waals surface area contributed by atoms with E-state index in [0.29, 0.717) is 0 Å². The average Bonchev–Trinajstić information content (AvgIpc) is 2.53. The number of ether oxygens (including phenoxy) is 1. The number of piperidine rings is 1. The van der Waals surface area contributed by atoms with Crippen molar-refractivity contribution in [1.82, 2.24) is 4.31 Å². The molecular formula is C14H16F3NO4S. The Hall–Kier alpha value is -1.61. The van der Waals surface area contributed by atoms with E-state index in [2.05, 4.69) is 4.74 Å². The van der Waals surface area contributed by atoms with Crippen molar-refractivity contribution in [2.45, 2.75) is 23.9 Å². The number of halogens is 3. The van der Waals surface area contributed by atoms with Gasteiger partial charge in [0.25, 0.3) is 0 Å². The fourth-order valence-corrected chi connectivity index (χ4v) is 3.98. The van der Waals surface area contributed by atoms with Gasteiger partial charge < -0.3 is 4.74 Å². The lowest BCUT2D eigenvalue weighted by Gasteiger charge is -2.32. The van der Waals surface area contributed by atoms with E-state index in [1.54, 1.807) is 0 Å². The summed E-state index contributed by atoms with van der Waals surface area (Å²) in [7, 11) is -2.83. The number of sulfonamides is 1. The molecule has 0 bridgehead atoms. The molecular weight excluding hydrogens is 335 g/mol. The molecule has 0 N–H and O–H groups in total. The topological polar surface area (TPSA) is 63.7 Å². The Labute approximate surface area is 132 Å². The van der Waals surface area contributed by atoms with E-state index < -0.39 is 34.6 Å². The number of rotatable bonds is 3. The Morgan fingerprint density at radius 3 is 2.39 bits per heavy atom. The van der Waals surface area contributed by atoms with Gasteiger partial charge in [-0.3, -0.25) is 0 Å². The van der Waals surface area contributed by atoms with E-state index >= 15 is 0 Å². The van der Waals surface area contributed by atoms with Crippen LogP contribution in [0.4, 0.5) is 13.2 Å². The molecule has 0 aromatic heterocycles. The van der Waals surface area contributed by atoms with Gasteiger partial charge in [-0.1, -0.05) is 0 Å². The summed E-state index contributed by atoms with van der Waals surface area (Å²) in [6.45, 7) is -0.530. The van der Waals surface area contributed by atoms with E-state index in [1.165, 1.54) is 31.4 Å². The SMILES string of the molecule is COC(=O)c1ccc(S(=O)(=O)N2CCC[C@H](C(F)(F)F)C2)cc1. The maximum absolute atomic E-state index is 12.8. The van der Waals surface area contributed by atoms with E-state index in [1.807, 2.05) is 0 Å². The van der Waals surface area contributed by atoms with Crippen LogP contribution in [-0.4, -0.2) is 45.1 Å². The Morgan fingerprint density at radius 1 is 1.26 bits per heavy atom. The lowest BCUT2D eigenvalue weighted by molar-refractivity contribution is -0.182. The van der Waals surface area contributed by atoms with E-state index in [9.17, 15) is 26.4 Å². The molecule has 2 rings (SSSR count). The summed E-state index contributed by atoms with van der Waals surface area (Å²) in [5.74, 6) is -2.27. The van der Waals surface area contributed by atoms with Gasteiger partial charge in [0.2, 0.25) is 10.0 Å². The number of esters is 1. The highest BCUT2D eigenvalue weighted by Gasteiger charge is 2.44. The Balaban J connectivity index is 2.22. The van der Waals surface area contributed by atoms with Crippen LogP contribution in [0.1, 0.15) is 23.2 Å². The van der Waals surface area contributed by atoms with Gasteiger partial charge in [-0.25, -0.2) is 13.2 Å². The highest BCUT2D eigenvalue weighted by atomic mass is 32.2. The van der Waals surface area contributed by atoms with Crippen molar-refractivity contribution in [3.05, 3.63) is 29.8 Å². The smallest absolute Gasteiger partial charge is 0.393 e. The van der Waals surface area contributed by atoms with Gasteiger partial charge in [-0.2, -0.15) is 17.5 Å². The third kappa shape index (κ3) is 3.84. The number of carbonyl (C=O) groups excluding carboxylic acids is 1. The lowest BCUT2D eigenvalue weighted by Crippen LogP contribution is -2.44. The highest BCUT2D eigenvalue weighted by molar-refractivity contribution is 7.89.